The first-order valence-corrected chi connectivity index (χ1v) is 7.49. The van der Waals surface area contributed by atoms with E-state index in [0.29, 0.717) is 9.23 Å². The van der Waals surface area contributed by atoms with Gasteiger partial charge in [-0.2, -0.15) is 0 Å². The highest BCUT2D eigenvalue weighted by Gasteiger charge is 2.31. The summed E-state index contributed by atoms with van der Waals surface area (Å²) in [6.07, 6.45) is 5.27. The molecule has 108 valence electrons. The van der Waals surface area contributed by atoms with Gasteiger partial charge in [-0.3, -0.25) is 14.5 Å². The van der Waals surface area contributed by atoms with Crippen LogP contribution >= 0.6 is 24.0 Å². The molecule has 0 saturated carbocycles. The predicted molar refractivity (Wildman–Crippen MR) is 87.7 cm³/mol. The van der Waals surface area contributed by atoms with Crippen LogP contribution in [0, 0.1) is 0 Å². The van der Waals surface area contributed by atoms with Crippen LogP contribution in [0.2, 0.25) is 0 Å². The Morgan fingerprint density at radius 2 is 2.05 bits per heavy atom. The molecule has 2 rings (SSSR count). The standard InChI is InChI=1S/C15H13NO3S2/c17-13(18)9-10-16-14(19)12(21-15(16)20)8-4-7-11-5-2-1-3-6-11/h1-8H,9-10H2,(H,17,18)/b7-4?,12-8-. The molecule has 1 aromatic rings. The van der Waals surface area contributed by atoms with Gasteiger partial charge in [-0.05, 0) is 11.6 Å². The molecule has 1 aromatic carbocycles. The molecule has 0 aliphatic carbocycles. The molecular formula is C15H13NO3S2. The molecule has 1 aliphatic heterocycles. The number of thiocarbonyl (C=S) groups is 1. The van der Waals surface area contributed by atoms with Crippen LogP contribution in [0.5, 0.6) is 0 Å². The molecule has 1 saturated heterocycles. The quantitative estimate of drug-likeness (QED) is 0.668. The van der Waals surface area contributed by atoms with Gasteiger partial charge in [0.05, 0.1) is 11.3 Å². The van der Waals surface area contributed by atoms with E-state index in [1.165, 1.54) is 16.7 Å². The third kappa shape index (κ3) is 4.27. The number of rotatable bonds is 5. The van der Waals surface area contributed by atoms with Crippen LogP contribution in [0.15, 0.2) is 47.4 Å². The summed E-state index contributed by atoms with van der Waals surface area (Å²) in [5.74, 6) is -1.18. The minimum Gasteiger partial charge on any atom is -0.481 e. The summed E-state index contributed by atoms with van der Waals surface area (Å²) in [4.78, 5) is 24.5. The Morgan fingerprint density at radius 1 is 1.33 bits per heavy atom. The van der Waals surface area contributed by atoms with Gasteiger partial charge < -0.3 is 5.11 Å². The molecule has 0 atom stereocenters. The minimum absolute atomic E-state index is 0.111. The monoisotopic (exact) mass is 319 g/mol. The van der Waals surface area contributed by atoms with E-state index >= 15 is 0 Å². The lowest BCUT2D eigenvalue weighted by Gasteiger charge is -2.12. The topological polar surface area (TPSA) is 57.6 Å². The Morgan fingerprint density at radius 3 is 2.71 bits per heavy atom. The maximum atomic E-state index is 12.1. The third-order valence-corrected chi connectivity index (χ3v) is 4.15. The number of nitrogens with zero attached hydrogens (tertiary/aromatic N) is 1. The van der Waals surface area contributed by atoms with E-state index in [9.17, 15) is 9.59 Å². The van der Waals surface area contributed by atoms with E-state index in [1.807, 2.05) is 36.4 Å². The van der Waals surface area contributed by atoms with Crippen LogP contribution in [-0.4, -0.2) is 32.7 Å². The molecule has 6 heteroatoms. The second kappa shape index (κ2) is 7.19. The second-order valence-corrected chi connectivity index (χ2v) is 5.94. The van der Waals surface area contributed by atoms with E-state index in [2.05, 4.69) is 0 Å². The fourth-order valence-corrected chi connectivity index (χ4v) is 2.99. The van der Waals surface area contributed by atoms with Crippen molar-refractivity contribution in [2.75, 3.05) is 6.54 Å². The van der Waals surface area contributed by atoms with E-state index in [1.54, 1.807) is 12.2 Å². The zero-order valence-corrected chi connectivity index (χ0v) is 12.7. The van der Waals surface area contributed by atoms with Crippen LogP contribution in [0.1, 0.15) is 12.0 Å². The molecule has 1 N–H and O–H groups in total. The van der Waals surface area contributed by atoms with E-state index < -0.39 is 5.97 Å². The van der Waals surface area contributed by atoms with Crippen LogP contribution < -0.4 is 0 Å². The van der Waals surface area contributed by atoms with Gasteiger partial charge in [-0.1, -0.05) is 66.5 Å². The highest BCUT2D eigenvalue weighted by atomic mass is 32.2. The summed E-state index contributed by atoms with van der Waals surface area (Å²) in [6, 6.07) is 9.73. The third-order valence-electron chi connectivity index (χ3n) is 2.76. The van der Waals surface area contributed by atoms with Crippen LogP contribution in [-0.2, 0) is 9.59 Å². The molecule has 4 nitrogen and oxygen atoms in total. The summed E-state index contributed by atoms with van der Waals surface area (Å²) < 4.78 is 0.403. The van der Waals surface area contributed by atoms with E-state index in [-0.39, 0.29) is 18.9 Å². The fraction of sp³-hybridized carbons (Fsp3) is 0.133. The maximum absolute atomic E-state index is 12.1. The van der Waals surface area contributed by atoms with Gasteiger partial charge in [0.15, 0.2) is 0 Å². The summed E-state index contributed by atoms with van der Waals surface area (Å²) in [5.41, 5.74) is 1.04. The largest absolute Gasteiger partial charge is 0.481 e. The molecular weight excluding hydrogens is 306 g/mol. The van der Waals surface area contributed by atoms with Gasteiger partial charge in [0.2, 0.25) is 0 Å². The zero-order chi connectivity index (χ0) is 15.2. The molecule has 1 aliphatic rings. The number of allylic oxidation sites excluding steroid dienone is 2. The van der Waals surface area contributed by atoms with Gasteiger partial charge in [0, 0.05) is 6.54 Å². The van der Waals surface area contributed by atoms with Crippen molar-refractivity contribution >= 4 is 46.3 Å². The van der Waals surface area contributed by atoms with Crippen molar-refractivity contribution in [3.63, 3.8) is 0 Å². The second-order valence-electron chi connectivity index (χ2n) is 4.27. The Balaban J connectivity index is 2.03. The molecule has 0 spiro atoms. The number of benzene rings is 1. The zero-order valence-electron chi connectivity index (χ0n) is 11.1. The molecule has 1 heterocycles. The molecule has 0 aromatic heterocycles. The van der Waals surface area contributed by atoms with Crippen molar-refractivity contribution in [2.24, 2.45) is 0 Å². The van der Waals surface area contributed by atoms with Gasteiger partial charge in [0.1, 0.15) is 4.32 Å². The van der Waals surface area contributed by atoms with Crippen molar-refractivity contribution in [3.05, 3.63) is 53.0 Å². The minimum atomic E-state index is -0.947. The van der Waals surface area contributed by atoms with Crippen LogP contribution in [0.3, 0.4) is 0 Å². The molecule has 21 heavy (non-hydrogen) atoms. The average Bonchev–Trinajstić information content (AvgIpc) is 2.72. The van der Waals surface area contributed by atoms with Gasteiger partial charge >= 0.3 is 5.97 Å². The number of hydrogen-bond donors (Lipinski definition) is 1. The van der Waals surface area contributed by atoms with Crippen molar-refractivity contribution < 1.29 is 14.7 Å². The number of hydrogen-bond acceptors (Lipinski definition) is 4. The SMILES string of the molecule is O=C(O)CCN1C(=O)/C(=C/C=Cc2ccccc2)SC1=S. The smallest absolute Gasteiger partial charge is 0.305 e. The van der Waals surface area contributed by atoms with Gasteiger partial charge in [0.25, 0.3) is 5.91 Å². The number of amides is 1. The Labute approximate surface area is 132 Å². The Kier molecular flexibility index (Phi) is 5.30. The summed E-state index contributed by atoms with van der Waals surface area (Å²) in [5, 5.41) is 8.67. The highest BCUT2D eigenvalue weighted by molar-refractivity contribution is 8.26. The van der Waals surface area contributed by atoms with E-state index in [0.717, 1.165) is 5.56 Å². The lowest BCUT2D eigenvalue weighted by atomic mass is 10.2. The van der Waals surface area contributed by atoms with Crippen molar-refractivity contribution in [1.29, 1.82) is 0 Å². The number of aliphatic carboxylic acids is 1. The first-order valence-electron chi connectivity index (χ1n) is 6.27. The first-order chi connectivity index (χ1) is 10.1. The van der Waals surface area contributed by atoms with Crippen molar-refractivity contribution in [1.82, 2.24) is 4.90 Å². The number of carbonyl (C=O) groups excluding carboxylic acids is 1. The maximum Gasteiger partial charge on any atom is 0.305 e. The Hall–Kier alpha value is -1.92. The fourth-order valence-electron chi connectivity index (χ4n) is 1.73. The van der Waals surface area contributed by atoms with Gasteiger partial charge in [-0.15, -0.1) is 0 Å². The molecule has 1 fully saturated rings. The number of carboxylic acids is 1. The van der Waals surface area contributed by atoms with Crippen molar-refractivity contribution in [2.45, 2.75) is 6.42 Å². The lowest BCUT2D eigenvalue weighted by Crippen LogP contribution is -2.30. The molecule has 0 bridgehead atoms. The highest BCUT2D eigenvalue weighted by Crippen LogP contribution is 2.31. The molecule has 0 unspecified atom stereocenters. The summed E-state index contributed by atoms with van der Waals surface area (Å²) in [6.45, 7) is 0.111. The molecule has 0 radical (unpaired) electrons. The lowest BCUT2D eigenvalue weighted by molar-refractivity contribution is -0.137. The Bertz CT molecular complexity index is 623. The molecule has 1 amide bonds. The number of carboxylic acid groups (broad SMARTS) is 1. The van der Waals surface area contributed by atoms with Gasteiger partial charge in [-0.25, -0.2) is 0 Å². The van der Waals surface area contributed by atoms with Crippen molar-refractivity contribution in [3.8, 4) is 0 Å². The van der Waals surface area contributed by atoms with Crippen LogP contribution in [0.25, 0.3) is 6.08 Å². The van der Waals surface area contributed by atoms with E-state index in [4.69, 9.17) is 17.3 Å². The number of carbonyl (C=O) groups is 2. The number of thioether (sulfide) groups is 1. The average molecular weight is 319 g/mol. The van der Waals surface area contributed by atoms with Crippen LogP contribution in [0.4, 0.5) is 0 Å². The first kappa shape index (κ1) is 15.5. The predicted octanol–water partition coefficient (Wildman–Crippen LogP) is 2.92. The normalized spacial score (nSPS) is 17.1. The summed E-state index contributed by atoms with van der Waals surface area (Å²) >= 11 is 6.29. The summed E-state index contributed by atoms with van der Waals surface area (Å²) in [7, 11) is 0.